The van der Waals surface area contributed by atoms with E-state index in [0.717, 1.165) is 77.0 Å². The normalized spacial score (nSPS) is 14.8. The number of guanidine groups is 1. The number of piperazine rings is 1. The Morgan fingerprint density at radius 3 is 2.27 bits per heavy atom. The molecule has 164 valence electrons. The number of aromatic nitrogens is 2. The summed E-state index contributed by atoms with van der Waals surface area (Å²) in [4.78, 5) is 17.8. The second kappa shape index (κ2) is 14.1. The van der Waals surface area contributed by atoms with E-state index in [1.807, 2.05) is 25.5 Å². The summed E-state index contributed by atoms with van der Waals surface area (Å²) in [7, 11) is 1.83. The number of anilines is 1. The predicted octanol–water partition coefficient (Wildman–Crippen LogP) is 2.40. The molecule has 0 unspecified atom stereocenters. The van der Waals surface area contributed by atoms with Crippen LogP contribution in [0.2, 0.25) is 0 Å². The van der Waals surface area contributed by atoms with Gasteiger partial charge in [-0.1, -0.05) is 30.3 Å². The minimum absolute atomic E-state index is 0. The van der Waals surface area contributed by atoms with Gasteiger partial charge in [-0.05, 0) is 37.4 Å². The Hall–Kier alpha value is -1.94. The van der Waals surface area contributed by atoms with Crippen LogP contribution < -0.4 is 15.5 Å². The Bertz CT molecular complexity index is 719. The second-order valence-corrected chi connectivity index (χ2v) is 7.25. The van der Waals surface area contributed by atoms with Crippen molar-refractivity contribution >= 4 is 35.9 Å². The molecule has 1 fully saturated rings. The van der Waals surface area contributed by atoms with Gasteiger partial charge in [0.15, 0.2) is 5.96 Å². The van der Waals surface area contributed by atoms with Gasteiger partial charge in [0.25, 0.3) is 0 Å². The van der Waals surface area contributed by atoms with Gasteiger partial charge in [-0.25, -0.2) is 9.97 Å². The summed E-state index contributed by atoms with van der Waals surface area (Å²) < 4.78 is 0. The topological polar surface area (TPSA) is 68.7 Å². The van der Waals surface area contributed by atoms with Gasteiger partial charge in [0, 0.05) is 58.7 Å². The van der Waals surface area contributed by atoms with Gasteiger partial charge in [0.1, 0.15) is 0 Å². The molecule has 0 bridgehead atoms. The third-order valence-corrected chi connectivity index (χ3v) is 5.15. The van der Waals surface area contributed by atoms with Gasteiger partial charge in [-0.3, -0.25) is 9.89 Å². The van der Waals surface area contributed by atoms with Crippen LogP contribution in [0.5, 0.6) is 0 Å². The molecule has 1 aliphatic heterocycles. The lowest BCUT2D eigenvalue weighted by atomic mass is 10.1. The first kappa shape index (κ1) is 24.3. The maximum absolute atomic E-state index is 4.35. The van der Waals surface area contributed by atoms with Crippen LogP contribution in [0.25, 0.3) is 0 Å². The van der Waals surface area contributed by atoms with Crippen molar-refractivity contribution < 1.29 is 0 Å². The summed E-state index contributed by atoms with van der Waals surface area (Å²) >= 11 is 0. The van der Waals surface area contributed by atoms with Gasteiger partial charge >= 0.3 is 0 Å². The van der Waals surface area contributed by atoms with Crippen molar-refractivity contribution in [2.24, 2.45) is 4.99 Å². The van der Waals surface area contributed by atoms with Gasteiger partial charge in [0.05, 0.1) is 0 Å². The van der Waals surface area contributed by atoms with Gasteiger partial charge < -0.3 is 15.5 Å². The van der Waals surface area contributed by atoms with Gasteiger partial charge in [-0.2, -0.15) is 0 Å². The van der Waals surface area contributed by atoms with E-state index < -0.39 is 0 Å². The van der Waals surface area contributed by atoms with Crippen molar-refractivity contribution in [1.29, 1.82) is 0 Å². The molecule has 2 aromatic rings. The number of nitrogens with one attached hydrogen (secondary N) is 2. The first-order valence-electron chi connectivity index (χ1n) is 10.6. The average Bonchev–Trinajstić information content (AvgIpc) is 2.79. The first-order valence-corrected chi connectivity index (χ1v) is 10.6. The maximum Gasteiger partial charge on any atom is 0.225 e. The van der Waals surface area contributed by atoms with Gasteiger partial charge in [-0.15, -0.1) is 24.0 Å². The summed E-state index contributed by atoms with van der Waals surface area (Å²) in [6.45, 7) is 7.06. The molecule has 2 N–H and O–H groups in total. The first-order chi connectivity index (χ1) is 14.3. The molecule has 0 amide bonds. The fraction of sp³-hybridized carbons (Fsp3) is 0.500. The Kier molecular flexibility index (Phi) is 11.5. The standard InChI is InChI=1S/C22H33N7.HI/c1-23-21(24-11-5-10-20-8-3-2-4-9-20)25-14-7-15-28-16-18-29(19-17-28)22-26-12-6-13-27-22;/h2-4,6,8-9,12-13H,5,7,10-11,14-19H2,1H3,(H2,23,24,25);1H. The summed E-state index contributed by atoms with van der Waals surface area (Å²) in [5.41, 5.74) is 1.39. The molecule has 8 heteroatoms. The number of nitrogens with zero attached hydrogens (tertiary/aromatic N) is 5. The van der Waals surface area contributed by atoms with Crippen molar-refractivity contribution in [3.63, 3.8) is 0 Å². The van der Waals surface area contributed by atoms with Crippen LogP contribution in [-0.4, -0.2) is 73.7 Å². The average molecular weight is 523 g/mol. The smallest absolute Gasteiger partial charge is 0.225 e. The van der Waals surface area contributed by atoms with Crippen LogP contribution >= 0.6 is 24.0 Å². The van der Waals surface area contributed by atoms with Gasteiger partial charge in [0.2, 0.25) is 5.95 Å². The van der Waals surface area contributed by atoms with Crippen LogP contribution in [0, 0.1) is 0 Å². The number of aryl methyl sites for hydroxylation is 1. The van der Waals surface area contributed by atoms with E-state index >= 15 is 0 Å². The molecule has 0 atom stereocenters. The monoisotopic (exact) mass is 523 g/mol. The van der Waals surface area contributed by atoms with Crippen LogP contribution in [0.3, 0.4) is 0 Å². The minimum Gasteiger partial charge on any atom is -0.356 e. The lowest BCUT2D eigenvalue weighted by molar-refractivity contribution is 0.254. The van der Waals surface area contributed by atoms with E-state index in [0.29, 0.717) is 0 Å². The molecule has 0 spiro atoms. The molecule has 0 radical (unpaired) electrons. The van der Waals surface area contributed by atoms with E-state index in [1.165, 1.54) is 5.56 Å². The lowest BCUT2D eigenvalue weighted by Crippen LogP contribution is -2.47. The van der Waals surface area contributed by atoms with Crippen molar-refractivity contribution in [3.8, 4) is 0 Å². The number of hydrogen-bond donors (Lipinski definition) is 2. The van der Waals surface area contributed by atoms with Crippen molar-refractivity contribution in [3.05, 3.63) is 54.4 Å². The summed E-state index contributed by atoms with van der Waals surface area (Å²) in [6.07, 6.45) is 6.91. The summed E-state index contributed by atoms with van der Waals surface area (Å²) in [5, 5.41) is 6.83. The zero-order chi connectivity index (χ0) is 20.2. The highest BCUT2D eigenvalue weighted by atomic mass is 127. The largest absolute Gasteiger partial charge is 0.356 e. The molecule has 30 heavy (non-hydrogen) atoms. The molecular weight excluding hydrogens is 489 g/mol. The van der Waals surface area contributed by atoms with Crippen LogP contribution in [0.4, 0.5) is 5.95 Å². The highest BCUT2D eigenvalue weighted by Crippen LogP contribution is 2.09. The van der Waals surface area contributed by atoms with E-state index in [2.05, 4.69) is 65.7 Å². The van der Waals surface area contributed by atoms with Crippen molar-refractivity contribution in [2.75, 3.05) is 57.8 Å². The highest BCUT2D eigenvalue weighted by molar-refractivity contribution is 14.0. The van der Waals surface area contributed by atoms with Crippen molar-refractivity contribution in [1.82, 2.24) is 25.5 Å². The van der Waals surface area contributed by atoms with Crippen LogP contribution in [0.15, 0.2) is 53.8 Å². The zero-order valence-electron chi connectivity index (χ0n) is 17.8. The third-order valence-electron chi connectivity index (χ3n) is 5.15. The predicted molar refractivity (Wildman–Crippen MR) is 135 cm³/mol. The second-order valence-electron chi connectivity index (χ2n) is 7.25. The van der Waals surface area contributed by atoms with Crippen LogP contribution in [0.1, 0.15) is 18.4 Å². The molecule has 3 rings (SSSR count). The minimum atomic E-state index is 0. The third kappa shape index (κ3) is 8.43. The Morgan fingerprint density at radius 1 is 0.933 bits per heavy atom. The number of aliphatic imine (C=N–C) groups is 1. The molecular formula is C22H34IN7. The lowest BCUT2D eigenvalue weighted by Gasteiger charge is -2.34. The Balaban J connectivity index is 0.00000320. The van der Waals surface area contributed by atoms with E-state index in [4.69, 9.17) is 0 Å². The number of rotatable bonds is 9. The SMILES string of the molecule is CN=C(NCCCc1ccccc1)NCCCN1CCN(c2ncccn2)CC1.I. The molecule has 1 saturated heterocycles. The summed E-state index contributed by atoms with van der Waals surface area (Å²) in [5.74, 6) is 1.74. The zero-order valence-corrected chi connectivity index (χ0v) is 20.2. The number of hydrogen-bond acceptors (Lipinski definition) is 5. The van der Waals surface area contributed by atoms with Crippen LogP contribution in [-0.2, 0) is 6.42 Å². The fourth-order valence-electron chi connectivity index (χ4n) is 3.50. The quantitative estimate of drug-likeness (QED) is 0.228. The number of halogens is 1. The van der Waals surface area contributed by atoms with E-state index in [-0.39, 0.29) is 24.0 Å². The van der Waals surface area contributed by atoms with E-state index in [9.17, 15) is 0 Å². The molecule has 1 aromatic carbocycles. The van der Waals surface area contributed by atoms with Crippen molar-refractivity contribution in [2.45, 2.75) is 19.3 Å². The molecule has 1 aromatic heterocycles. The number of benzene rings is 1. The Labute approximate surface area is 197 Å². The maximum atomic E-state index is 4.35. The fourth-order valence-corrected chi connectivity index (χ4v) is 3.50. The molecule has 0 saturated carbocycles. The molecule has 1 aliphatic rings. The molecule has 7 nitrogen and oxygen atoms in total. The molecule has 0 aliphatic carbocycles. The Morgan fingerprint density at radius 2 is 1.60 bits per heavy atom. The van der Waals surface area contributed by atoms with E-state index in [1.54, 1.807) is 0 Å². The highest BCUT2D eigenvalue weighted by Gasteiger charge is 2.18. The summed E-state index contributed by atoms with van der Waals surface area (Å²) in [6, 6.07) is 12.5. The molecule has 2 heterocycles.